The smallest absolute Gasteiger partial charge is 0.416 e. The Morgan fingerprint density at radius 3 is 2.56 bits per heavy atom. The van der Waals surface area contributed by atoms with E-state index in [-0.39, 0.29) is 11.3 Å². The topological polar surface area (TPSA) is 46.5 Å². The average Bonchev–Trinajstić information content (AvgIpc) is 2.19. The highest BCUT2D eigenvalue weighted by atomic mass is 19.4. The van der Waals surface area contributed by atoms with Crippen molar-refractivity contribution in [1.82, 2.24) is 0 Å². The summed E-state index contributed by atoms with van der Waals surface area (Å²) in [5.41, 5.74) is -1.02. The van der Waals surface area contributed by atoms with Crippen LogP contribution in [0.1, 0.15) is 11.1 Å². The Bertz CT molecular complexity index is 399. The maximum atomic E-state index is 12.3. The number of phenolic OH excluding ortho intramolecular Hbond substituents is 1. The third-order valence-corrected chi connectivity index (χ3v) is 1.97. The van der Waals surface area contributed by atoms with E-state index < -0.39 is 24.1 Å². The van der Waals surface area contributed by atoms with Crippen LogP contribution in [0.25, 0.3) is 0 Å². The zero-order chi connectivity index (χ0) is 12.3. The molecule has 0 radical (unpaired) electrons. The van der Waals surface area contributed by atoms with Gasteiger partial charge in [0, 0.05) is 5.56 Å². The number of rotatable bonds is 2. The molecule has 1 rings (SSSR count). The molecular weight excluding hydrogens is 225 g/mol. The van der Waals surface area contributed by atoms with E-state index in [0.29, 0.717) is 0 Å². The second-order valence-electron chi connectivity index (χ2n) is 3.09. The second-order valence-corrected chi connectivity index (χ2v) is 3.09. The van der Waals surface area contributed by atoms with Crippen molar-refractivity contribution >= 4 is 5.97 Å². The number of halogens is 3. The average molecular weight is 234 g/mol. The lowest BCUT2D eigenvalue weighted by atomic mass is 10.1. The Labute approximate surface area is 89.5 Å². The van der Waals surface area contributed by atoms with Crippen molar-refractivity contribution in [3.8, 4) is 5.75 Å². The van der Waals surface area contributed by atoms with Crippen LogP contribution in [-0.4, -0.2) is 18.2 Å². The molecule has 3 nitrogen and oxygen atoms in total. The molecule has 0 aromatic heterocycles. The molecule has 0 unspecified atom stereocenters. The van der Waals surface area contributed by atoms with E-state index >= 15 is 0 Å². The molecule has 1 aromatic rings. The first-order valence-corrected chi connectivity index (χ1v) is 4.30. The number of hydrogen-bond donors (Lipinski definition) is 1. The van der Waals surface area contributed by atoms with Crippen molar-refractivity contribution in [2.75, 3.05) is 7.11 Å². The number of carbonyl (C=O) groups excluding carboxylic acids is 1. The standard InChI is InChI=1S/C10H9F3O3/c1-16-9(15)5-6-4-7(10(11,12)13)2-3-8(6)14/h2-4,14H,5H2,1H3. The highest BCUT2D eigenvalue weighted by Gasteiger charge is 2.31. The van der Waals surface area contributed by atoms with E-state index in [1.54, 1.807) is 0 Å². The van der Waals surface area contributed by atoms with E-state index in [2.05, 4.69) is 4.74 Å². The van der Waals surface area contributed by atoms with Crippen LogP contribution >= 0.6 is 0 Å². The molecule has 0 aliphatic rings. The molecule has 0 saturated carbocycles. The highest BCUT2D eigenvalue weighted by molar-refractivity contribution is 5.73. The molecule has 0 amide bonds. The molecule has 0 saturated heterocycles. The van der Waals surface area contributed by atoms with Crippen LogP contribution in [0.2, 0.25) is 0 Å². The molecule has 16 heavy (non-hydrogen) atoms. The Kier molecular flexibility index (Phi) is 3.41. The summed E-state index contributed by atoms with van der Waals surface area (Å²) in [6.45, 7) is 0. The quantitative estimate of drug-likeness (QED) is 0.797. The summed E-state index contributed by atoms with van der Waals surface area (Å²) in [6, 6.07) is 2.38. The van der Waals surface area contributed by atoms with Gasteiger partial charge in [0.15, 0.2) is 0 Å². The maximum absolute atomic E-state index is 12.3. The normalized spacial score (nSPS) is 11.2. The van der Waals surface area contributed by atoms with Gasteiger partial charge in [-0.25, -0.2) is 0 Å². The van der Waals surface area contributed by atoms with Crippen LogP contribution in [0, 0.1) is 0 Å². The summed E-state index contributed by atoms with van der Waals surface area (Å²) in [7, 11) is 1.12. The first-order chi connectivity index (χ1) is 7.34. The van der Waals surface area contributed by atoms with Crippen LogP contribution in [0.4, 0.5) is 13.2 Å². The molecule has 0 spiro atoms. The summed E-state index contributed by atoms with van der Waals surface area (Å²) in [4.78, 5) is 10.9. The number of benzene rings is 1. The van der Waals surface area contributed by atoms with Gasteiger partial charge in [-0.2, -0.15) is 13.2 Å². The summed E-state index contributed by atoms with van der Waals surface area (Å²) in [5.74, 6) is -1.08. The molecule has 0 aliphatic carbocycles. The number of carbonyl (C=O) groups is 1. The van der Waals surface area contributed by atoms with Crippen LogP contribution in [-0.2, 0) is 22.1 Å². The van der Waals surface area contributed by atoms with Crippen molar-refractivity contribution < 1.29 is 27.8 Å². The van der Waals surface area contributed by atoms with Crippen LogP contribution in [0.5, 0.6) is 5.75 Å². The van der Waals surface area contributed by atoms with Crippen molar-refractivity contribution in [1.29, 1.82) is 0 Å². The largest absolute Gasteiger partial charge is 0.508 e. The second kappa shape index (κ2) is 4.42. The maximum Gasteiger partial charge on any atom is 0.416 e. The number of hydrogen-bond acceptors (Lipinski definition) is 3. The predicted octanol–water partition coefficient (Wildman–Crippen LogP) is 2.13. The molecular formula is C10H9F3O3. The molecule has 1 N–H and O–H groups in total. The van der Waals surface area contributed by atoms with Crippen LogP contribution < -0.4 is 0 Å². The Morgan fingerprint density at radius 1 is 1.44 bits per heavy atom. The van der Waals surface area contributed by atoms with Gasteiger partial charge in [0.2, 0.25) is 0 Å². The van der Waals surface area contributed by atoms with E-state index in [1.165, 1.54) is 0 Å². The molecule has 0 fully saturated rings. The van der Waals surface area contributed by atoms with E-state index in [1.807, 2.05) is 0 Å². The number of ether oxygens (including phenoxy) is 1. The van der Waals surface area contributed by atoms with Gasteiger partial charge in [-0.15, -0.1) is 0 Å². The molecule has 0 atom stereocenters. The SMILES string of the molecule is COC(=O)Cc1cc(C(F)(F)F)ccc1O. The Balaban J connectivity index is 3.04. The molecule has 1 aromatic carbocycles. The van der Waals surface area contributed by atoms with Gasteiger partial charge in [0.05, 0.1) is 19.1 Å². The highest BCUT2D eigenvalue weighted by Crippen LogP contribution is 2.32. The molecule has 0 aliphatic heterocycles. The zero-order valence-corrected chi connectivity index (χ0v) is 8.34. The summed E-state index contributed by atoms with van der Waals surface area (Å²) < 4.78 is 41.3. The van der Waals surface area contributed by atoms with Crippen molar-refractivity contribution in [3.05, 3.63) is 29.3 Å². The number of esters is 1. The van der Waals surface area contributed by atoms with Crippen LogP contribution in [0.15, 0.2) is 18.2 Å². The predicted molar refractivity (Wildman–Crippen MR) is 48.8 cm³/mol. The minimum absolute atomic E-state index is 0.110. The summed E-state index contributed by atoms with van der Waals surface area (Å²) >= 11 is 0. The van der Waals surface area contributed by atoms with E-state index in [4.69, 9.17) is 0 Å². The third kappa shape index (κ3) is 2.88. The van der Waals surface area contributed by atoms with Crippen LogP contribution in [0.3, 0.4) is 0 Å². The first kappa shape index (κ1) is 12.4. The molecule has 6 heteroatoms. The van der Waals surface area contributed by atoms with Crippen molar-refractivity contribution in [2.24, 2.45) is 0 Å². The fourth-order valence-electron chi connectivity index (χ4n) is 1.13. The summed E-state index contributed by atoms with van der Waals surface area (Å²) in [6.07, 6.45) is -4.90. The fourth-order valence-corrected chi connectivity index (χ4v) is 1.13. The van der Waals surface area contributed by atoms with Gasteiger partial charge in [-0.3, -0.25) is 4.79 Å². The van der Waals surface area contributed by atoms with Gasteiger partial charge < -0.3 is 9.84 Å². The molecule has 88 valence electrons. The number of phenols is 1. The van der Waals surface area contributed by atoms with Crippen molar-refractivity contribution in [3.63, 3.8) is 0 Å². The third-order valence-electron chi connectivity index (χ3n) is 1.97. The fraction of sp³-hybridized carbons (Fsp3) is 0.300. The minimum Gasteiger partial charge on any atom is -0.508 e. The zero-order valence-electron chi connectivity index (χ0n) is 8.34. The van der Waals surface area contributed by atoms with Gasteiger partial charge in [0.1, 0.15) is 5.75 Å². The number of methoxy groups -OCH3 is 1. The molecule has 0 heterocycles. The minimum atomic E-state index is -4.50. The van der Waals surface area contributed by atoms with Gasteiger partial charge in [-0.05, 0) is 18.2 Å². The van der Waals surface area contributed by atoms with Gasteiger partial charge in [0.25, 0.3) is 0 Å². The van der Waals surface area contributed by atoms with E-state index in [0.717, 1.165) is 25.3 Å². The lowest BCUT2D eigenvalue weighted by Gasteiger charge is -2.09. The lowest BCUT2D eigenvalue weighted by Crippen LogP contribution is -2.08. The lowest BCUT2D eigenvalue weighted by molar-refractivity contribution is -0.140. The van der Waals surface area contributed by atoms with Gasteiger partial charge >= 0.3 is 12.1 Å². The van der Waals surface area contributed by atoms with Crippen molar-refractivity contribution in [2.45, 2.75) is 12.6 Å². The number of aromatic hydroxyl groups is 1. The Morgan fingerprint density at radius 2 is 2.06 bits per heavy atom. The first-order valence-electron chi connectivity index (χ1n) is 4.30. The number of alkyl halides is 3. The Hall–Kier alpha value is -1.72. The van der Waals surface area contributed by atoms with Gasteiger partial charge in [-0.1, -0.05) is 0 Å². The van der Waals surface area contributed by atoms with E-state index in [9.17, 15) is 23.1 Å². The molecule has 0 bridgehead atoms. The monoisotopic (exact) mass is 234 g/mol. The summed E-state index contributed by atoms with van der Waals surface area (Å²) in [5, 5.41) is 9.27.